The average molecular weight is 279 g/mol. The predicted molar refractivity (Wildman–Crippen MR) is 73.4 cm³/mol. The van der Waals surface area contributed by atoms with Crippen molar-refractivity contribution < 1.29 is 9.72 Å². The van der Waals surface area contributed by atoms with E-state index in [2.05, 4.69) is 10.3 Å². The molecular formula is C12H17N5O3. The van der Waals surface area contributed by atoms with Gasteiger partial charge in [-0.3, -0.25) is 10.1 Å². The van der Waals surface area contributed by atoms with E-state index in [1.807, 2.05) is 0 Å². The first kappa shape index (κ1) is 14.0. The second kappa shape index (κ2) is 5.72. The van der Waals surface area contributed by atoms with Gasteiger partial charge in [-0.2, -0.15) is 0 Å². The molecule has 0 aliphatic carbocycles. The van der Waals surface area contributed by atoms with E-state index in [-0.39, 0.29) is 17.5 Å². The number of likely N-dealkylation sites (tertiary alicyclic amines) is 1. The second-order valence-electron chi connectivity index (χ2n) is 4.85. The fraction of sp³-hybridized carbons (Fsp3) is 0.500. The van der Waals surface area contributed by atoms with E-state index >= 15 is 0 Å². The number of hydrogen-bond donors (Lipinski definition) is 2. The normalized spacial score (nSPS) is 18.6. The maximum Gasteiger partial charge on any atom is 0.314 e. The number of anilines is 1. The van der Waals surface area contributed by atoms with Crippen LogP contribution in [0.25, 0.3) is 0 Å². The third kappa shape index (κ3) is 2.95. The van der Waals surface area contributed by atoms with Gasteiger partial charge in [0, 0.05) is 30.9 Å². The van der Waals surface area contributed by atoms with Gasteiger partial charge in [0.2, 0.25) is 5.82 Å². The van der Waals surface area contributed by atoms with Crippen molar-refractivity contribution in [3.8, 4) is 0 Å². The highest BCUT2D eigenvalue weighted by Crippen LogP contribution is 2.27. The van der Waals surface area contributed by atoms with Crippen LogP contribution >= 0.6 is 0 Å². The van der Waals surface area contributed by atoms with Crippen molar-refractivity contribution in [3.63, 3.8) is 0 Å². The van der Waals surface area contributed by atoms with Crippen molar-refractivity contribution in [1.29, 1.82) is 0 Å². The molecule has 1 atom stereocenters. The fourth-order valence-corrected chi connectivity index (χ4v) is 2.38. The van der Waals surface area contributed by atoms with Crippen LogP contribution in [-0.2, 0) is 0 Å². The summed E-state index contributed by atoms with van der Waals surface area (Å²) in [6, 6.07) is 1.05. The van der Waals surface area contributed by atoms with Gasteiger partial charge in [-0.25, -0.2) is 9.78 Å². The summed E-state index contributed by atoms with van der Waals surface area (Å²) in [5.41, 5.74) is 5.79. The molecule has 1 aromatic rings. The van der Waals surface area contributed by atoms with Crippen LogP contribution in [0, 0.1) is 17.0 Å². The van der Waals surface area contributed by atoms with Gasteiger partial charge in [0.1, 0.15) is 0 Å². The largest absolute Gasteiger partial charge is 0.360 e. The minimum atomic E-state index is -0.469. The summed E-state index contributed by atoms with van der Waals surface area (Å²) in [5.74, 6) is 0.242. The Hall–Kier alpha value is -2.38. The topological polar surface area (TPSA) is 114 Å². The molecule has 2 amide bonds. The Labute approximate surface area is 116 Å². The van der Waals surface area contributed by atoms with Crippen LogP contribution < -0.4 is 11.1 Å². The average Bonchev–Trinajstić information content (AvgIpc) is 2.38. The lowest BCUT2D eigenvalue weighted by atomic mass is 10.1. The Bertz CT molecular complexity index is 534. The van der Waals surface area contributed by atoms with E-state index in [9.17, 15) is 14.9 Å². The zero-order valence-corrected chi connectivity index (χ0v) is 11.2. The summed E-state index contributed by atoms with van der Waals surface area (Å²) in [6.45, 7) is 2.72. The Morgan fingerprint density at radius 3 is 3.05 bits per heavy atom. The number of nitro groups is 1. The molecule has 8 nitrogen and oxygen atoms in total. The molecule has 0 spiro atoms. The first-order valence-corrected chi connectivity index (χ1v) is 6.40. The third-order valence-electron chi connectivity index (χ3n) is 3.38. The Balaban J connectivity index is 2.16. The summed E-state index contributed by atoms with van der Waals surface area (Å²) in [7, 11) is 0. The smallest absolute Gasteiger partial charge is 0.314 e. The highest BCUT2D eigenvalue weighted by atomic mass is 16.6. The van der Waals surface area contributed by atoms with E-state index in [0.29, 0.717) is 18.7 Å². The number of aromatic nitrogens is 1. The van der Waals surface area contributed by atoms with E-state index in [1.165, 1.54) is 11.1 Å². The quantitative estimate of drug-likeness (QED) is 0.638. The number of carbonyl (C=O) groups is 1. The van der Waals surface area contributed by atoms with Crippen LogP contribution in [0.3, 0.4) is 0 Å². The number of nitrogens with two attached hydrogens (primary N) is 1. The van der Waals surface area contributed by atoms with Crippen molar-refractivity contribution in [3.05, 3.63) is 27.9 Å². The van der Waals surface area contributed by atoms with Crippen LogP contribution in [0.1, 0.15) is 18.4 Å². The number of nitrogens with zero attached hydrogens (tertiary/aromatic N) is 3. The number of nitrogens with one attached hydrogen (secondary N) is 1. The van der Waals surface area contributed by atoms with Crippen molar-refractivity contribution >= 4 is 17.5 Å². The minimum Gasteiger partial charge on any atom is -0.360 e. The summed E-state index contributed by atoms with van der Waals surface area (Å²) >= 11 is 0. The van der Waals surface area contributed by atoms with Crippen molar-refractivity contribution in [2.45, 2.75) is 25.8 Å². The van der Waals surface area contributed by atoms with Gasteiger partial charge in [-0.1, -0.05) is 0 Å². The molecule has 0 radical (unpaired) electrons. The summed E-state index contributed by atoms with van der Waals surface area (Å²) < 4.78 is 0. The molecular weight excluding hydrogens is 262 g/mol. The third-order valence-corrected chi connectivity index (χ3v) is 3.38. The van der Waals surface area contributed by atoms with E-state index in [1.54, 1.807) is 13.0 Å². The van der Waals surface area contributed by atoms with Crippen molar-refractivity contribution in [2.24, 2.45) is 5.73 Å². The van der Waals surface area contributed by atoms with E-state index < -0.39 is 11.0 Å². The number of pyridine rings is 1. The molecule has 0 bridgehead atoms. The first-order valence-electron chi connectivity index (χ1n) is 6.40. The van der Waals surface area contributed by atoms with Gasteiger partial charge >= 0.3 is 11.7 Å². The molecule has 0 saturated carbocycles. The summed E-state index contributed by atoms with van der Waals surface area (Å²) in [6.07, 6.45) is 3.15. The molecule has 1 saturated heterocycles. The van der Waals surface area contributed by atoms with Crippen LogP contribution in [0.5, 0.6) is 0 Å². The van der Waals surface area contributed by atoms with E-state index in [0.717, 1.165) is 12.8 Å². The van der Waals surface area contributed by atoms with Gasteiger partial charge in [0.05, 0.1) is 4.92 Å². The predicted octanol–water partition coefficient (Wildman–Crippen LogP) is 1.25. The molecule has 0 aromatic carbocycles. The van der Waals surface area contributed by atoms with Gasteiger partial charge < -0.3 is 16.0 Å². The molecule has 0 unspecified atom stereocenters. The molecule has 2 heterocycles. The standard InChI is InChI=1S/C12H17N5O3/c1-8-4-5-14-11(10(8)17(19)20)15-9-3-2-6-16(7-9)12(13)18/h4-5,9H,2-3,6-7H2,1H3,(H2,13,18)(H,14,15)/t9-/m1/s1. The van der Waals surface area contributed by atoms with Crippen LogP contribution in [-0.4, -0.2) is 40.0 Å². The van der Waals surface area contributed by atoms with Crippen LogP contribution in [0.2, 0.25) is 0 Å². The van der Waals surface area contributed by atoms with Gasteiger partial charge in [0.25, 0.3) is 0 Å². The minimum absolute atomic E-state index is 0.0244. The number of primary amides is 1. The Kier molecular flexibility index (Phi) is 4.02. The second-order valence-corrected chi connectivity index (χ2v) is 4.85. The molecule has 3 N–H and O–H groups in total. The van der Waals surface area contributed by atoms with Crippen LogP contribution in [0.4, 0.5) is 16.3 Å². The first-order chi connectivity index (χ1) is 9.49. The van der Waals surface area contributed by atoms with Gasteiger partial charge in [0.15, 0.2) is 0 Å². The Morgan fingerprint density at radius 1 is 1.65 bits per heavy atom. The zero-order chi connectivity index (χ0) is 14.7. The van der Waals surface area contributed by atoms with E-state index in [4.69, 9.17) is 5.73 Å². The number of urea groups is 1. The van der Waals surface area contributed by atoms with Gasteiger partial charge in [-0.05, 0) is 25.8 Å². The fourth-order valence-electron chi connectivity index (χ4n) is 2.38. The summed E-state index contributed by atoms with van der Waals surface area (Å²) in [4.78, 5) is 27.4. The maximum absolute atomic E-state index is 11.2. The lowest BCUT2D eigenvalue weighted by Gasteiger charge is -2.32. The lowest BCUT2D eigenvalue weighted by Crippen LogP contribution is -2.47. The van der Waals surface area contributed by atoms with Crippen molar-refractivity contribution in [1.82, 2.24) is 9.88 Å². The van der Waals surface area contributed by atoms with Crippen molar-refractivity contribution in [2.75, 3.05) is 18.4 Å². The number of amides is 2. The van der Waals surface area contributed by atoms with Crippen LogP contribution in [0.15, 0.2) is 12.3 Å². The zero-order valence-electron chi connectivity index (χ0n) is 11.2. The Morgan fingerprint density at radius 2 is 2.40 bits per heavy atom. The molecule has 1 aliphatic heterocycles. The SMILES string of the molecule is Cc1ccnc(N[C@@H]2CCCN(C(N)=O)C2)c1[N+](=O)[O-]. The number of carbonyl (C=O) groups excluding carboxylic acids is 1. The number of piperidine rings is 1. The van der Waals surface area contributed by atoms with Gasteiger partial charge in [-0.15, -0.1) is 0 Å². The maximum atomic E-state index is 11.2. The molecule has 8 heteroatoms. The molecule has 2 rings (SSSR count). The number of hydrogen-bond acceptors (Lipinski definition) is 5. The summed E-state index contributed by atoms with van der Waals surface area (Å²) in [5, 5.41) is 14.2. The molecule has 1 fully saturated rings. The molecule has 1 aromatic heterocycles. The number of aryl methyl sites for hydroxylation is 1. The highest BCUT2D eigenvalue weighted by molar-refractivity contribution is 5.72. The molecule has 1 aliphatic rings. The number of rotatable bonds is 3. The molecule has 20 heavy (non-hydrogen) atoms. The lowest BCUT2D eigenvalue weighted by molar-refractivity contribution is -0.384. The highest BCUT2D eigenvalue weighted by Gasteiger charge is 2.25. The molecule has 108 valence electrons. The monoisotopic (exact) mass is 279 g/mol.